The quantitative estimate of drug-likeness (QED) is 0.298. The molecule has 0 N–H and O–H groups in total. The first kappa shape index (κ1) is 23.7. The van der Waals surface area contributed by atoms with E-state index in [0.29, 0.717) is 0 Å². The van der Waals surface area contributed by atoms with Gasteiger partial charge in [0, 0.05) is 40.8 Å². The van der Waals surface area contributed by atoms with Crippen LogP contribution in [0.3, 0.4) is 0 Å². The van der Waals surface area contributed by atoms with Gasteiger partial charge in [0.15, 0.2) is 0 Å². The van der Waals surface area contributed by atoms with Gasteiger partial charge >= 0.3 is 0 Å². The topological polar surface area (TPSA) is 58.6 Å². The Morgan fingerprint density at radius 3 is 1.45 bits per heavy atom. The van der Waals surface area contributed by atoms with Crippen molar-refractivity contribution in [3.05, 3.63) is 0 Å². The van der Waals surface area contributed by atoms with Gasteiger partial charge in [-0.05, 0) is 12.8 Å². The number of phosphoric acid groups is 1. The van der Waals surface area contributed by atoms with Crippen LogP contribution in [-0.2, 0) is 13.6 Å². The number of rotatable bonds is 14. The Balaban J connectivity index is 0. The Kier molecular flexibility index (Phi) is 20.0. The summed E-state index contributed by atoms with van der Waals surface area (Å²) >= 11 is 0. The summed E-state index contributed by atoms with van der Waals surface area (Å²) in [7, 11) is -4.05. The Labute approximate surface area is 157 Å². The normalized spacial score (nSPS) is 11.3. The van der Waals surface area contributed by atoms with Crippen LogP contribution < -0.4 is 4.89 Å². The molecule has 0 aromatic rings. The maximum atomic E-state index is 11.4. The van der Waals surface area contributed by atoms with Gasteiger partial charge in [-0.25, -0.2) is 0 Å². The molecule has 0 amide bonds. The summed E-state index contributed by atoms with van der Waals surface area (Å²) in [5.41, 5.74) is 0. The number of unbranched alkanes of at least 4 members (excludes halogenated alkanes) is 8. The van der Waals surface area contributed by atoms with Gasteiger partial charge in [-0.3, -0.25) is 4.57 Å². The fourth-order valence-electron chi connectivity index (χ4n) is 1.80. The molecule has 0 aromatic heterocycles. The maximum absolute atomic E-state index is 11.4. The molecule has 0 fully saturated rings. The van der Waals surface area contributed by atoms with Crippen LogP contribution in [0.1, 0.15) is 78.1 Å². The van der Waals surface area contributed by atoms with Crippen LogP contribution >= 0.6 is 7.82 Å². The molecule has 0 spiro atoms. The predicted octanol–water partition coefficient (Wildman–Crippen LogP) is 4.43. The average molecular weight is 438 g/mol. The molecule has 4 nitrogen and oxygen atoms in total. The van der Waals surface area contributed by atoms with E-state index in [9.17, 15) is 9.46 Å². The van der Waals surface area contributed by atoms with Gasteiger partial charge in [-0.1, -0.05) is 65.2 Å². The van der Waals surface area contributed by atoms with Crippen molar-refractivity contribution in [3.63, 3.8) is 0 Å². The standard InChI is InChI=1S/C14H31O4P.Nd/c1-3-5-7-9-11-13-17-19(15,16)18-14-12-10-8-6-4-2;/h3-14H2,1-2H3,(H,15,16);/p-1. The second-order valence-electron chi connectivity index (χ2n) is 4.94. The molecule has 0 saturated carbocycles. The average Bonchev–Trinajstić information content (AvgIpc) is 2.38. The zero-order valence-electron chi connectivity index (χ0n) is 13.1. The minimum Gasteiger partial charge on any atom is -0.756 e. The Bertz CT molecular complexity index is 219. The molecule has 0 radical (unpaired) electrons. The molecule has 20 heavy (non-hydrogen) atoms. The molecule has 0 aliphatic heterocycles. The third-order valence-corrected chi connectivity index (χ3v) is 3.99. The van der Waals surface area contributed by atoms with Crippen molar-refractivity contribution < 1.29 is 59.3 Å². The number of phosphoric ester groups is 1. The van der Waals surface area contributed by atoms with E-state index in [1.54, 1.807) is 0 Å². The number of hydrogen-bond donors (Lipinski definition) is 0. The van der Waals surface area contributed by atoms with Crippen LogP contribution in [0.4, 0.5) is 0 Å². The van der Waals surface area contributed by atoms with Gasteiger partial charge in [0.05, 0.1) is 13.2 Å². The molecular formula is C14H30NdO4P-. The van der Waals surface area contributed by atoms with E-state index >= 15 is 0 Å². The van der Waals surface area contributed by atoms with Crippen molar-refractivity contribution in [2.45, 2.75) is 78.1 Å². The van der Waals surface area contributed by atoms with Crippen LogP contribution in [0.2, 0.25) is 0 Å². The second kappa shape index (κ2) is 16.8. The largest absolute Gasteiger partial charge is 0.756 e. The molecule has 0 aromatic carbocycles. The van der Waals surface area contributed by atoms with Crippen molar-refractivity contribution in [3.8, 4) is 0 Å². The molecule has 0 bridgehead atoms. The van der Waals surface area contributed by atoms with Crippen molar-refractivity contribution in [2.75, 3.05) is 13.2 Å². The first-order valence-electron chi connectivity index (χ1n) is 7.72. The summed E-state index contributed by atoms with van der Waals surface area (Å²) in [5.74, 6) is 0. The smallest absolute Gasteiger partial charge is 0.267 e. The molecule has 0 aliphatic rings. The molecule has 0 saturated heterocycles. The van der Waals surface area contributed by atoms with Gasteiger partial charge in [0.25, 0.3) is 7.82 Å². The van der Waals surface area contributed by atoms with Crippen LogP contribution in [0.15, 0.2) is 0 Å². The summed E-state index contributed by atoms with van der Waals surface area (Å²) in [6.07, 6.45) is 10.6. The van der Waals surface area contributed by atoms with E-state index < -0.39 is 7.82 Å². The third kappa shape index (κ3) is 17.5. The molecule has 0 rings (SSSR count). The summed E-state index contributed by atoms with van der Waals surface area (Å²) in [6, 6.07) is 0. The fourth-order valence-corrected chi connectivity index (χ4v) is 2.58. The first-order valence-corrected chi connectivity index (χ1v) is 9.18. The van der Waals surface area contributed by atoms with Crippen LogP contribution in [0.5, 0.6) is 0 Å². The Morgan fingerprint density at radius 2 is 1.10 bits per heavy atom. The van der Waals surface area contributed by atoms with Crippen LogP contribution in [0.25, 0.3) is 0 Å². The summed E-state index contributed by atoms with van der Waals surface area (Å²) in [4.78, 5) is 11.4. The van der Waals surface area contributed by atoms with Crippen molar-refractivity contribution in [1.82, 2.24) is 0 Å². The van der Waals surface area contributed by atoms with Crippen LogP contribution in [0, 0.1) is 40.8 Å². The van der Waals surface area contributed by atoms with E-state index in [-0.39, 0.29) is 54.1 Å². The van der Waals surface area contributed by atoms with Gasteiger partial charge in [0.2, 0.25) is 0 Å². The molecule has 0 unspecified atom stereocenters. The first-order chi connectivity index (χ1) is 9.12. The summed E-state index contributed by atoms with van der Waals surface area (Å²) < 4.78 is 21.0. The van der Waals surface area contributed by atoms with E-state index in [1.807, 2.05) is 0 Å². The minimum atomic E-state index is -4.05. The molecule has 120 valence electrons. The minimum absolute atomic E-state index is 0. The number of hydrogen-bond acceptors (Lipinski definition) is 4. The fraction of sp³-hybridized carbons (Fsp3) is 1.00. The Morgan fingerprint density at radius 1 is 0.750 bits per heavy atom. The van der Waals surface area contributed by atoms with Crippen molar-refractivity contribution >= 4 is 7.82 Å². The van der Waals surface area contributed by atoms with Crippen LogP contribution in [-0.4, -0.2) is 13.2 Å². The monoisotopic (exact) mass is 435 g/mol. The zero-order chi connectivity index (χ0) is 14.4. The summed E-state index contributed by atoms with van der Waals surface area (Å²) in [6.45, 7) is 4.80. The molecule has 0 aliphatic carbocycles. The molecule has 6 heteroatoms. The molecule has 0 heterocycles. The van der Waals surface area contributed by atoms with E-state index in [2.05, 4.69) is 13.8 Å². The van der Waals surface area contributed by atoms with Gasteiger partial charge < -0.3 is 13.9 Å². The van der Waals surface area contributed by atoms with Gasteiger partial charge in [0.1, 0.15) is 0 Å². The Hall–Kier alpha value is 1.46. The predicted molar refractivity (Wildman–Crippen MR) is 77.0 cm³/mol. The van der Waals surface area contributed by atoms with Crippen molar-refractivity contribution in [2.24, 2.45) is 0 Å². The third-order valence-electron chi connectivity index (χ3n) is 2.99. The zero-order valence-corrected chi connectivity index (χ0v) is 17.2. The second-order valence-corrected chi connectivity index (χ2v) is 6.35. The van der Waals surface area contributed by atoms with Gasteiger partial charge in [-0.15, -0.1) is 0 Å². The molecule has 0 atom stereocenters. The van der Waals surface area contributed by atoms with E-state index in [0.717, 1.165) is 38.5 Å². The molecular weight excluding hydrogens is 407 g/mol. The maximum Gasteiger partial charge on any atom is 0.267 e. The van der Waals surface area contributed by atoms with E-state index in [4.69, 9.17) is 9.05 Å². The summed E-state index contributed by atoms with van der Waals surface area (Å²) in [5, 5.41) is 0. The van der Waals surface area contributed by atoms with E-state index in [1.165, 1.54) is 25.7 Å². The SMILES string of the molecule is CCCCCCCOP(=O)([O-])OCCCCCCC.[Nd]. The van der Waals surface area contributed by atoms with Crippen molar-refractivity contribution in [1.29, 1.82) is 0 Å². The van der Waals surface area contributed by atoms with Gasteiger partial charge in [-0.2, -0.15) is 0 Å².